The second kappa shape index (κ2) is 7.80. The third-order valence-corrected chi connectivity index (χ3v) is 4.22. The maximum absolute atomic E-state index is 12.3. The average molecular weight is 346 g/mol. The fraction of sp³-hybridized carbons (Fsp3) is 0.667. The molecule has 0 aliphatic rings. The van der Waals surface area contributed by atoms with Crippen LogP contribution in [-0.4, -0.2) is 30.5 Å². The first kappa shape index (κ1) is 19.1. The Morgan fingerprint density at radius 2 is 1.84 bits per heavy atom. The van der Waals surface area contributed by atoms with Crippen molar-refractivity contribution >= 4 is 11.9 Å². The van der Waals surface area contributed by atoms with Gasteiger partial charge in [-0.25, -0.2) is 4.68 Å². The summed E-state index contributed by atoms with van der Waals surface area (Å²) < 4.78 is 3.66. The van der Waals surface area contributed by atoms with Crippen molar-refractivity contribution in [1.82, 2.24) is 24.5 Å². The van der Waals surface area contributed by atoms with Crippen LogP contribution in [0.2, 0.25) is 0 Å². The molecule has 2 rings (SSSR count). The number of amides is 1. The Bertz CT molecular complexity index is 741. The number of carbonyl (C=O) groups excluding carboxylic acids is 1. The van der Waals surface area contributed by atoms with Gasteiger partial charge < -0.3 is 0 Å². The van der Waals surface area contributed by atoms with Gasteiger partial charge in [0.2, 0.25) is 11.9 Å². The lowest BCUT2D eigenvalue weighted by Gasteiger charge is -2.08. The number of rotatable bonds is 7. The Kier molecular flexibility index (Phi) is 5.98. The molecule has 2 aromatic rings. The lowest BCUT2D eigenvalue weighted by atomic mass is 10.1. The van der Waals surface area contributed by atoms with Gasteiger partial charge in [0.05, 0.1) is 5.69 Å². The van der Waals surface area contributed by atoms with E-state index in [1.54, 1.807) is 11.7 Å². The van der Waals surface area contributed by atoms with Crippen LogP contribution in [0.5, 0.6) is 0 Å². The number of aromatic nitrogens is 5. The Labute approximate surface area is 149 Å². The van der Waals surface area contributed by atoms with Crippen molar-refractivity contribution in [2.24, 2.45) is 13.0 Å². The summed E-state index contributed by atoms with van der Waals surface area (Å²) in [5, 5.41) is 11.8. The minimum atomic E-state index is -0.0544. The number of hydrogen-bond donors (Lipinski definition) is 1. The highest BCUT2D eigenvalue weighted by Gasteiger charge is 2.16. The maximum atomic E-state index is 12.3. The molecule has 2 heterocycles. The third-order valence-electron chi connectivity index (χ3n) is 4.22. The van der Waals surface area contributed by atoms with Crippen molar-refractivity contribution in [3.8, 4) is 0 Å². The highest BCUT2D eigenvalue weighted by Crippen LogP contribution is 2.17. The monoisotopic (exact) mass is 346 g/mol. The molecule has 138 valence electrons. The predicted molar refractivity (Wildman–Crippen MR) is 98.6 cm³/mol. The summed E-state index contributed by atoms with van der Waals surface area (Å²) in [6.45, 7) is 13.4. The zero-order chi connectivity index (χ0) is 18.7. The largest absolute Gasteiger partial charge is 0.295 e. The summed E-state index contributed by atoms with van der Waals surface area (Å²) >= 11 is 0. The van der Waals surface area contributed by atoms with Crippen LogP contribution in [0.1, 0.15) is 62.8 Å². The smallest absolute Gasteiger partial charge is 0.227 e. The molecule has 0 aliphatic carbocycles. The lowest BCUT2D eigenvalue weighted by Crippen LogP contribution is -2.16. The molecule has 0 radical (unpaired) electrons. The Morgan fingerprint density at radius 3 is 2.40 bits per heavy atom. The first-order valence-corrected chi connectivity index (χ1v) is 8.92. The molecule has 0 unspecified atom stereocenters. The number of nitrogens with zero attached hydrogens (tertiary/aromatic N) is 5. The standard InChI is InChI=1S/C18H30N6O/c1-11(2)10-24-14(6)15(13(5)21-24)8-9-16(25)19-18-20-17(12(3)4)22-23(18)7/h11-12H,8-10H2,1-7H3,(H,19,20,22,25). The molecule has 1 N–H and O–H groups in total. The van der Waals surface area contributed by atoms with E-state index in [2.05, 4.69) is 41.3 Å². The first-order chi connectivity index (χ1) is 11.7. The van der Waals surface area contributed by atoms with Crippen molar-refractivity contribution in [3.63, 3.8) is 0 Å². The molecule has 25 heavy (non-hydrogen) atoms. The second-order valence-corrected chi connectivity index (χ2v) is 7.35. The van der Waals surface area contributed by atoms with Gasteiger partial charge in [-0.05, 0) is 31.7 Å². The summed E-state index contributed by atoms with van der Waals surface area (Å²) in [5.41, 5.74) is 3.32. The Morgan fingerprint density at radius 1 is 1.16 bits per heavy atom. The quantitative estimate of drug-likeness (QED) is 0.836. The van der Waals surface area contributed by atoms with Crippen LogP contribution < -0.4 is 5.32 Å². The number of aryl methyl sites for hydroxylation is 2. The topological polar surface area (TPSA) is 77.6 Å². The van der Waals surface area contributed by atoms with E-state index in [4.69, 9.17) is 0 Å². The van der Waals surface area contributed by atoms with Gasteiger partial charge in [-0.15, -0.1) is 0 Å². The highest BCUT2D eigenvalue weighted by atomic mass is 16.1. The van der Waals surface area contributed by atoms with Crippen LogP contribution in [0.15, 0.2) is 0 Å². The molecule has 0 saturated heterocycles. The molecule has 0 spiro atoms. The highest BCUT2D eigenvalue weighted by molar-refractivity contribution is 5.89. The first-order valence-electron chi connectivity index (χ1n) is 8.92. The number of anilines is 1. The van der Waals surface area contributed by atoms with E-state index >= 15 is 0 Å². The number of carbonyl (C=O) groups is 1. The molecular formula is C18H30N6O. The molecule has 0 bridgehead atoms. The fourth-order valence-corrected chi connectivity index (χ4v) is 2.80. The van der Waals surface area contributed by atoms with Gasteiger partial charge in [-0.2, -0.15) is 15.2 Å². The van der Waals surface area contributed by atoms with E-state index in [1.807, 2.05) is 25.5 Å². The van der Waals surface area contributed by atoms with Gasteiger partial charge in [0.15, 0.2) is 5.82 Å². The van der Waals surface area contributed by atoms with Crippen molar-refractivity contribution in [3.05, 3.63) is 22.8 Å². The van der Waals surface area contributed by atoms with Gasteiger partial charge in [-0.3, -0.25) is 14.8 Å². The SMILES string of the molecule is Cc1nn(CC(C)C)c(C)c1CCC(=O)Nc1nc(C(C)C)nn1C. The zero-order valence-electron chi connectivity index (χ0n) is 16.4. The average Bonchev–Trinajstić information content (AvgIpc) is 2.98. The molecule has 2 aromatic heterocycles. The van der Waals surface area contributed by atoms with Crippen LogP contribution in [0.4, 0.5) is 5.95 Å². The van der Waals surface area contributed by atoms with Gasteiger partial charge in [-0.1, -0.05) is 27.7 Å². The lowest BCUT2D eigenvalue weighted by molar-refractivity contribution is -0.116. The van der Waals surface area contributed by atoms with Gasteiger partial charge >= 0.3 is 0 Å². The van der Waals surface area contributed by atoms with E-state index in [-0.39, 0.29) is 11.8 Å². The molecule has 0 fully saturated rings. The normalized spacial score (nSPS) is 11.6. The number of hydrogen-bond acceptors (Lipinski definition) is 4. The summed E-state index contributed by atoms with van der Waals surface area (Å²) in [6, 6.07) is 0. The second-order valence-electron chi connectivity index (χ2n) is 7.35. The molecular weight excluding hydrogens is 316 g/mol. The molecule has 1 amide bonds. The van der Waals surface area contributed by atoms with E-state index < -0.39 is 0 Å². The van der Waals surface area contributed by atoms with E-state index in [0.717, 1.165) is 29.3 Å². The van der Waals surface area contributed by atoms with Crippen LogP contribution in [-0.2, 0) is 24.8 Å². The van der Waals surface area contributed by atoms with Crippen LogP contribution >= 0.6 is 0 Å². The number of nitrogens with one attached hydrogen (secondary N) is 1. The van der Waals surface area contributed by atoms with Gasteiger partial charge in [0.25, 0.3) is 0 Å². The molecule has 0 saturated carbocycles. The Balaban J connectivity index is 2.00. The van der Waals surface area contributed by atoms with Crippen molar-refractivity contribution in [2.75, 3.05) is 5.32 Å². The molecule has 0 atom stereocenters. The van der Waals surface area contributed by atoms with Crippen LogP contribution in [0.3, 0.4) is 0 Å². The van der Waals surface area contributed by atoms with Crippen LogP contribution in [0.25, 0.3) is 0 Å². The maximum Gasteiger partial charge on any atom is 0.227 e. The molecule has 7 nitrogen and oxygen atoms in total. The van der Waals surface area contributed by atoms with E-state index in [0.29, 0.717) is 24.7 Å². The fourth-order valence-electron chi connectivity index (χ4n) is 2.80. The summed E-state index contributed by atoms with van der Waals surface area (Å²) in [7, 11) is 1.79. The predicted octanol–water partition coefficient (Wildman–Crippen LogP) is 2.98. The van der Waals surface area contributed by atoms with E-state index in [9.17, 15) is 4.79 Å². The van der Waals surface area contributed by atoms with Crippen molar-refractivity contribution in [1.29, 1.82) is 0 Å². The molecule has 0 aliphatic heterocycles. The summed E-state index contributed by atoms with van der Waals surface area (Å²) in [4.78, 5) is 16.7. The summed E-state index contributed by atoms with van der Waals surface area (Å²) in [5.74, 6) is 1.95. The Hall–Kier alpha value is -2.18. The van der Waals surface area contributed by atoms with Crippen LogP contribution in [0, 0.1) is 19.8 Å². The third kappa shape index (κ3) is 4.67. The van der Waals surface area contributed by atoms with Crippen molar-refractivity contribution in [2.45, 2.75) is 66.8 Å². The minimum Gasteiger partial charge on any atom is -0.295 e. The molecule has 7 heteroatoms. The van der Waals surface area contributed by atoms with Crippen molar-refractivity contribution < 1.29 is 4.79 Å². The van der Waals surface area contributed by atoms with Gasteiger partial charge in [0.1, 0.15) is 0 Å². The minimum absolute atomic E-state index is 0.0544. The summed E-state index contributed by atoms with van der Waals surface area (Å²) in [6.07, 6.45) is 1.08. The van der Waals surface area contributed by atoms with Gasteiger partial charge in [0, 0.05) is 31.6 Å². The zero-order valence-corrected chi connectivity index (χ0v) is 16.4. The molecule has 0 aromatic carbocycles. The van der Waals surface area contributed by atoms with E-state index in [1.165, 1.54) is 0 Å².